The largest absolute Gasteiger partial charge is 0.336 e. The van der Waals surface area contributed by atoms with Crippen molar-refractivity contribution in [3.63, 3.8) is 0 Å². The minimum absolute atomic E-state index is 0.0575. The molecule has 1 amide bonds. The van der Waals surface area contributed by atoms with Gasteiger partial charge < -0.3 is 4.90 Å². The highest BCUT2D eigenvalue weighted by Gasteiger charge is 2.24. The highest BCUT2D eigenvalue weighted by Crippen LogP contribution is 2.19. The number of benzene rings is 2. The van der Waals surface area contributed by atoms with Gasteiger partial charge in [-0.3, -0.25) is 9.69 Å². The monoisotopic (exact) mass is 421 g/mol. The summed E-state index contributed by atoms with van der Waals surface area (Å²) in [6.07, 6.45) is 1.36. The lowest BCUT2D eigenvalue weighted by molar-refractivity contribution is 0.0628. The smallest absolute Gasteiger partial charge is 0.255 e. The minimum Gasteiger partial charge on any atom is -0.336 e. The van der Waals surface area contributed by atoms with Gasteiger partial charge in [0.1, 0.15) is 0 Å². The topological polar surface area (TPSA) is 70.6 Å². The van der Waals surface area contributed by atoms with Gasteiger partial charge in [0.05, 0.1) is 10.5 Å². The number of aromatic nitrogens is 1. The number of hydrogen-bond donors (Lipinski definition) is 0. The third-order valence-corrected chi connectivity index (χ3v) is 6.91. The van der Waals surface area contributed by atoms with Crippen LogP contribution in [-0.4, -0.2) is 55.3 Å². The van der Waals surface area contributed by atoms with Crippen molar-refractivity contribution in [1.82, 2.24) is 14.8 Å². The molecule has 0 unspecified atom stereocenters. The molecule has 154 valence electrons. The molecule has 1 aliphatic heterocycles. The highest BCUT2D eigenvalue weighted by atomic mass is 32.2. The first-order valence-electron chi connectivity index (χ1n) is 9.86. The molecule has 2 heterocycles. The summed E-state index contributed by atoms with van der Waals surface area (Å²) in [5, 5.41) is -0.0575. The number of amides is 1. The van der Waals surface area contributed by atoms with Crippen molar-refractivity contribution in [3.05, 3.63) is 90.1 Å². The van der Waals surface area contributed by atoms with Crippen LogP contribution >= 0.6 is 0 Å². The van der Waals surface area contributed by atoms with E-state index < -0.39 is 9.84 Å². The van der Waals surface area contributed by atoms with Gasteiger partial charge in [-0.15, -0.1) is 0 Å². The Morgan fingerprint density at radius 3 is 2.07 bits per heavy atom. The standard InChI is InChI=1S/C23H23N3O3S/c27-23(26-15-13-25(14-16-26)18-19-7-3-1-4-8-19)20-11-12-22(24-17-20)30(28,29)21-9-5-2-6-10-21/h1-12,17H,13-16,18H2. The molecule has 0 N–H and O–H groups in total. The Hall–Kier alpha value is -3.03. The third-order valence-electron chi connectivity index (χ3n) is 5.22. The van der Waals surface area contributed by atoms with Crippen molar-refractivity contribution in [2.24, 2.45) is 0 Å². The zero-order valence-electron chi connectivity index (χ0n) is 16.5. The molecule has 0 atom stereocenters. The van der Waals surface area contributed by atoms with E-state index in [2.05, 4.69) is 22.0 Å². The van der Waals surface area contributed by atoms with Crippen LogP contribution in [0.15, 0.2) is 88.9 Å². The fourth-order valence-electron chi connectivity index (χ4n) is 3.52. The van der Waals surface area contributed by atoms with E-state index in [4.69, 9.17) is 0 Å². The van der Waals surface area contributed by atoms with Crippen LogP contribution in [-0.2, 0) is 16.4 Å². The highest BCUT2D eigenvalue weighted by molar-refractivity contribution is 7.91. The number of piperazine rings is 1. The SMILES string of the molecule is O=C(c1ccc(S(=O)(=O)c2ccccc2)nc1)N1CCN(Cc2ccccc2)CC1. The Morgan fingerprint density at radius 1 is 0.833 bits per heavy atom. The second kappa shape index (κ2) is 8.77. The van der Waals surface area contributed by atoms with Gasteiger partial charge in [-0.1, -0.05) is 48.5 Å². The molecule has 6 nitrogen and oxygen atoms in total. The molecule has 3 aromatic rings. The van der Waals surface area contributed by atoms with Crippen LogP contribution in [0.3, 0.4) is 0 Å². The molecule has 30 heavy (non-hydrogen) atoms. The summed E-state index contributed by atoms with van der Waals surface area (Å²) in [4.78, 5) is 21.2. The zero-order chi connectivity index (χ0) is 21.0. The van der Waals surface area contributed by atoms with Crippen LogP contribution in [0, 0.1) is 0 Å². The first-order valence-corrected chi connectivity index (χ1v) is 11.3. The fraction of sp³-hybridized carbons (Fsp3) is 0.217. The molecule has 0 spiro atoms. The second-order valence-corrected chi connectivity index (χ2v) is 9.15. The molecule has 4 rings (SSSR count). The summed E-state index contributed by atoms with van der Waals surface area (Å²) in [5.74, 6) is -0.120. The maximum Gasteiger partial charge on any atom is 0.255 e. The molecule has 0 aliphatic carbocycles. The van der Waals surface area contributed by atoms with Gasteiger partial charge in [0.25, 0.3) is 5.91 Å². The lowest BCUT2D eigenvalue weighted by atomic mass is 10.2. The molecule has 1 aliphatic rings. The first kappa shape index (κ1) is 20.3. The Kier molecular flexibility index (Phi) is 5.92. The van der Waals surface area contributed by atoms with Gasteiger partial charge in [-0.2, -0.15) is 0 Å². The molecule has 1 aromatic heterocycles. The molecular weight excluding hydrogens is 398 g/mol. The second-order valence-electron chi connectivity index (χ2n) is 7.26. The number of pyridine rings is 1. The normalized spacial score (nSPS) is 15.1. The van der Waals surface area contributed by atoms with Crippen LogP contribution < -0.4 is 0 Å². The molecule has 0 saturated carbocycles. The number of sulfone groups is 1. The van der Waals surface area contributed by atoms with Crippen molar-refractivity contribution in [2.45, 2.75) is 16.5 Å². The van der Waals surface area contributed by atoms with Crippen LogP contribution in [0.1, 0.15) is 15.9 Å². The minimum atomic E-state index is -3.69. The van der Waals surface area contributed by atoms with Crippen molar-refractivity contribution in [2.75, 3.05) is 26.2 Å². The molecule has 0 radical (unpaired) electrons. The van der Waals surface area contributed by atoms with Gasteiger partial charge in [-0.25, -0.2) is 13.4 Å². The van der Waals surface area contributed by atoms with E-state index in [1.54, 1.807) is 29.2 Å². The Balaban J connectivity index is 1.39. The lowest BCUT2D eigenvalue weighted by Crippen LogP contribution is -2.48. The van der Waals surface area contributed by atoms with Crippen LogP contribution in [0.2, 0.25) is 0 Å². The van der Waals surface area contributed by atoms with E-state index in [1.807, 2.05) is 18.2 Å². The van der Waals surface area contributed by atoms with Gasteiger partial charge in [-0.05, 0) is 29.8 Å². The van der Waals surface area contributed by atoms with E-state index in [9.17, 15) is 13.2 Å². The average molecular weight is 422 g/mol. The van der Waals surface area contributed by atoms with Gasteiger partial charge in [0.15, 0.2) is 5.03 Å². The maximum absolute atomic E-state index is 12.8. The Morgan fingerprint density at radius 2 is 1.47 bits per heavy atom. The van der Waals surface area contributed by atoms with Crippen molar-refractivity contribution < 1.29 is 13.2 Å². The fourth-order valence-corrected chi connectivity index (χ4v) is 4.72. The quantitative estimate of drug-likeness (QED) is 0.634. The summed E-state index contributed by atoms with van der Waals surface area (Å²) in [6.45, 7) is 3.74. The Bertz CT molecular complexity index is 1090. The zero-order valence-corrected chi connectivity index (χ0v) is 17.3. The predicted octanol–water partition coefficient (Wildman–Crippen LogP) is 2.87. The van der Waals surface area contributed by atoms with Crippen molar-refractivity contribution in [3.8, 4) is 0 Å². The summed E-state index contributed by atoms with van der Waals surface area (Å²) in [7, 11) is -3.69. The molecular formula is C23H23N3O3S. The molecule has 0 bridgehead atoms. The van der Waals surface area contributed by atoms with Crippen LogP contribution in [0.5, 0.6) is 0 Å². The van der Waals surface area contributed by atoms with Gasteiger partial charge in [0.2, 0.25) is 9.84 Å². The Labute approximate surface area is 176 Å². The molecule has 7 heteroatoms. The average Bonchev–Trinajstić information content (AvgIpc) is 2.80. The van der Waals surface area contributed by atoms with E-state index in [0.29, 0.717) is 18.7 Å². The molecule has 2 aromatic carbocycles. The van der Waals surface area contributed by atoms with E-state index in [-0.39, 0.29) is 15.8 Å². The third kappa shape index (κ3) is 4.42. The number of nitrogens with zero attached hydrogens (tertiary/aromatic N) is 3. The summed E-state index contributed by atoms with van der Waals surface area (Å²) in [5.41, 5.74) is 1.66. The first-order chi connectivity index (χ1) is 14.5. The van der Waals surface area contributed by atoms with Gasteiger partial charge >= 0.3 is 0 Å². The van der Waals surface area contributed by atoms with Crippen LogP contribution in [0.4, 0.5) is 0 Å². The van der Waals surface area contributed by atoms with Gasteiger partial charge in [0, 0.05) is 38.9 Å². The van der Waals surface area contributed by atoms with Crippen molar-refractivity contribution in [1.29, 1.82) is 0 Å². The van der Waals surface area contributed by atoms with Crippen molar-refractivity contribution >= 4 is 15.7 Å². The van der Waals surface area contributed by atoms with E-state index in [0.717, 1.165) is 19.6 Å². The van der Waals surface area contributed by atoms with E-state index >= 15 is 0 Å². The summed E-state index contributed by atoms with van der Waals surface area (Å²) in [6, 6.07) is 21.4. The maximum atomic E-state index is 12.8. The number of carbonyl (C=O) groups is 1. The number of rotatable bonds is 5. The van der Waals surface area contributed by atoms with E-state index in [1.165, 1.54) is 30.0 Å². The predicted molar refractivity (Wildman–Crippen MR) is 114 cm³/mol. The number of hydrogen-bond acceptors (Lipinski definition) is 5. The molecule has 1 fully saturated rings. The van der Waals surface area contributed by atoms with Crippen LogP contribution in [0.25, 0.3) is 0 Å². The number of carbonyl (C=O) groups excluding carboxylic acids is 1. The summed E-state index contributed by atoms with van der Waals surface area (Å²) < 4.78 is 25.3. The summed E-state index contributed by atoms with van der Waals surface area (Å²) >= 11 is 0. The lowest BCUT2D eigenvalue weighted by Gasteiger charge is -2.34. The molecule has 1 saturated heterocycles.